The van der Waals surface area contributed by atoms with E-state index in [1.165, 1.54) is 4.90 Å². The summed E-state index contributed by atoms with van der Waals surface area (Å²) in [5, 5.41) is 12.0. The zero-order valence-corrected chi connectivity index (χ0v) is 20.6. The lowest BCUT2D eigenvalue weighted by Crippen LogP contribution is -2.43. The molecule has 0 spiro atoms. The first-order valence-electron chi connectivity index (χ1n) is 11.8. The number of alkyl halides is 2. The van der Waals surface area contributed by atoms with Gasteiger partial charge in [-0.05, 0) is 30.2 Å². The number of carboxylic acids is 1. The van der Waals surface area contributed by atoms with Crippen molar-refractivity contribution in [2.75, 3.05) is 39.5 Å². The van der Waals surface area contributed by atoms with Gasteiger partial charge in [-0.2, -0.15) is 0 Å². The van der Waals surface area contributed by atoms with Crippen LogP contribution in [0.15, 0.2) is 54.6 Å². The molecule has 8 nitrogen and oxygen atoms in total. The van der Waals surface area contributed by atoms with E-state index in [1.807, 2.05) is 30.3 Å². The zero-order valence-electron chi connectivity index (χ0n) is 20.6. The average Bonchev–Trinajstić information content (AvgIpc) is 2.84. The number of ether oxygens (including phenoxy) is 3. The highest BCUT2D eigenvalue weighted by Crippen LogP contribution is 2.15. The molecule has 0 aliphatic heterocycles. The largest absolute Gasteiger partial charge is 0.492 e. The molecule has 36 heavy (non-hydrogen) atoms. The average molecular weight is 509 g/mol. The van der Waals surface area contributed by atoms with Crippen molar-refractivity contribution in [3.05, 3.63) is 65.7 Å². The fourth-order valence-electron chi connectivity index (χ4n) is 3.25. The first-order chi connectivity index (χ1) is 17.2. The highest BCUT2D eigenvalue weighted by molar-refractivity contribution is 5.74. The van der Waals surface area contributed by atoms with Gasteiger partial charge in [-0.15, -0.1) is 0 Å². The molecule has 1 unspecified atom stereocenters. The maximum atomic E-state index is 13.0. The molecule has 2 rings (SSSR count). The number of carbonyl (C=O) groups is 2. The van der Waals surface area contributed by atoms with E-state index >= 15 is 0 Å². The number of nitrogens with one attached hydrogen (secondary N) is 1. The van der Waals surface area contributed by atoms with E-state index in [1.54, 1.807) is 31.2 Å². The molecular weight excluding hydrogens is 474 g/mol. The number of halogens is 2. The van der Waals surface area contributed by atoms with Gasteiger partial charge in [0.2, 0.25) is 0 Å². The standard InChI is InChI=1S/C26H34F2N2O6/c1-3-35-23(24(31)32)17-20-9-11-22(12-10-20)36-16-14-30(13-15-34-19-26(2,27)28)25(33)29-18-21-7-5-4-6-8-21/h4-12,23H,3,13-19H2,1-2H3,(H,29,33)(H,31,32). The Hall–Kier alpha value is -3.24. The molecular formula is C26H34F2N2O6. The lowest BCUT2D eigenvalue weighted by molar-refractivity contribution is -0.149. The summed E-state index contributed by atoms with van der Waals surface area (Å²) in [4.78, 5) is 25.4. The summed E-state index contributed by atoms with van der Waals surface area (Å²) in [6.07, 6.45) is -0.685. The van der Waals surface area contributed by atoms with E-state index in [4.69, 9.17) is 14.2 Å². The third-order valence-corrected chi connectivity index (χ3v) is 5.05. The fourth-order valence-corrected chi connectivity index (χ4v) is 3.25. The molecule has 2 amide bonds. The van der Waals surface area contributed by atoms with E-state index < -0.39 is 24.6 Å². The maximum absolute atomic E-state index is 13.0. The molecule has 0 aromatic heterocycles. The van der Waals surface area contributed by atoms with Crippen molar-refractivity contribution in [1.82, 2.24) is 10.2 Å². The third kappa shape index (κ3) is 11.5. The summed E-state index contributed by atoms with van der Waals surface area (Å²) in [6.45, 7) is 2.87. The molecule has 2 N–H and O–H groups in total. The van der Waals surface area contributed by atoms with Crippen LogP contribution in [0.2, 0.25) is 0 Å². The van der Waals surface area contributed by atoms with Gasteiger partial charge in [-0.25, -0.2) is 18.4 Å². The topological polar surface area (TPSA) is 97.3 Å². The number of carboxylic acid groups (broad SMARTS) is 1. The Balaban J connectivity index is 1.88. The second-order valence-corrected chi connectivity index (χ2v) is 8.23. The Kier molecular flexibility index (Phi) is 12.1. The van der Waals surface area contributed by atoms with Crippen molar-refractivity contribution in [3.63, 3.8) is 0 Å². The van der Waals surface area contributed by atoms with Crippen LogP contribution < -0.4 is 10.1 Å². The van der Waals surface area contributed by atoms with Crippen LogP contribution >= 0.6 is 0 Å². The molecule has 0 bridgehead atoms. The predicted octanol–water partition coefficient (Wildman–Crippen LogP) is 3.98. The number of benzene rings is 2. The summed E-state index contributed by atoms with van der Waals surface area (Å²) < 4.78 is 42.0. The number of urea groups is 1. The number of carbonyl (C=O) groups excluding carboxylic acids is 1. The summed E-state index contributed by atoms with van der Waals surface area (Å²) in [5.41, 5.74) is 1.72. The van der Waals surface area contributed by atoms with Crippen molar-refractivity contribution in [1.29, 1.82) is 0 Å². The van der Waals surface area contributed by atoms with Gasteiger partial charge < -0.3 is 29.5 Å². The quantitative estimate of drug-likeness (QED) is 0.333. The normalized spacial score (nSPS) is 12.1. The molecule has 0 heterocycles. The first kappa shape index (κ1) is 29.0. The molecule has 0 aliphatic carbocycles. The van der Waals surface area contributed by atoms with Crippen molar-refractivity contribution >= 4 is 12.0 Å². The molecule has 198 valence electrons. The van der Waals surface area contributed by atoms with E-state index in [0.717, 1.165) is 18.1 Å². The van der Waals surface area contributed by atoms with Crippen molar-refractivity contribution in [3.8, 4) is 5.75 Å². The highest BCUT2D eigenvalue weighted by atomic mass is 19.3. The second kappa shape index (κ2) is 15.0. The minimum Gasteiger partial charge on any atom is -0.492 e. The van der Waals surface area contributed by atoms with Crippen molar-refractivity contribution in [2.45, 2.75) is 38.8 Å². The van der Waals surface area contributed by atoms with E-state index in [9.17, 15) is 23.5 Å². The fraction of sp³-hybridized carbons (Fsp3) is 0.462. The number of aliphatic carboxylic acids is 1. The molecule has 1 atom stereocenters. The lowest BCUT2D eigenvalue weighted by atomic mass is 10.1. The van der Waals surface area contributed by atoms with Gasteiger partial charge in [-0.3, -0.25) is 0 Å². The van der Waals surface area contributed by atoms with Crippen LogP contribution in [0.1, 0.15) is 25.0 Å². The van der Waals surface area contributed by atoms with Crippen LogP contribution in [0.25, 0.3) is 0 Å². The zero-order chi connectivity index (χ0) is 26.4. The van der Waals surface area contributed by atoms with E-state index in [-0.39, 0.29) is 38.8 Å². The Morgan fingerprint density at radius 2 is 1.69 bits per heavy atom. The van der Waals surface area contributed by atoms with Crippen LogP contribution in [-0.4, -0.2) is 73.6 Å². The second-order valence-electron chi connectivity index (χ2n) is 8.23. The Morgan fingerprint density at radius 1 is 1.03 bits per heavy atom. The smallest absolute Gasteiger partial charge is 0.333 e. The van der Waals surface area contributed by atoms with Gasteiger partial charge in [-0.1, -0.05) is 42.5 Å². The minimum absolute atomic E-state index is 0.0402. The number of hydrogen-bond acceptors (Lipinski definition) is 5. The number of hydrogen-bond donors (Lipinski definition) is 2. The minimum atomic E-state index is -2.94. The van der Waals surface area contributed by atoms with Gasteiger partial charge in [0.25, 0.3) is 5.92 Å². The molecule has 0 radical (unpaired) electrons. The third-order valence-electron chi connectivity index (χ3n) is 5.05. The van der Waals surface area contributed by atoms with Gasteiger partial charge in [0.15, 0.2) is 6.10 Å². The van der Waals surface area contributed by atoms with Gasteiger partial charge in [0.1, 0.15) is 19.0 Å². The van der Waals surface area contributed by atoms with Crippen LogP contribution in [0, 0.1) is 0 Å². The number of amides is 2. The molecule has 2 aromatic carbocycles. The molecule has 0 saturated heterocycles. The van der Waals surface area contributed by atoms with Crippen molar-refractivity contribution < 1.29 is 37.7 Å². The maximum Gasteiger partial charge on any atom is 0.333 e. The Morgan fingerprint density at radius 3 is 2.31 bits per heavy atom. The summed E-state index contributed by atoms with van der Waals surface area (Å²) in [5.74, 6) is -3.41. The van der Waals surface area contributed by atoms with Crippen LogP contribution in [0.4, 0.5) is 13.6 Å². The summed E-state index contributed by atoms with van der Waals surface area (Å²) >= 11 is 0. The number of nitrogens with zero attached hydrogens (tertiary/aromatic N) is 1. The van der Waals surface area contributed by atoms with Gasteiger partial charge in [0, 0.05) is 33.0 Å². The number of rotatable bonds is 16. The van der Waals surface area contributed by atoms with Crippen LogP contribution in [-0.2, 0) is 27.2 Å². The predicted molar refractivity (Wildman–Crippen MR) is 130 cm³/mol. The summed E-state index contributed by atoms with van der Waals surface area (Å²) in [6, 6.07) is 16.0. The Labute approximate surface area is 210 Å². The van der Waals surface area contributed by atoms with E-state index in [0.29, 0.717) is 18.9 Å². The van der Waals surface area contributed by atoms with Crippen LogP contribution in [0.5, 0.6) is 5.75 Å². The van der Waals surface area contributed by atoms with Gasteiger partial charge in [0.05, 0.1) is 13.2 Å². The molecule has 0 aliphatic rings. The highest BCUT2D eigenvalue weighted by Gasteiger charge is 2.22. The van der Waals surface area contributed by atoms with Gasteiger partial charge >= 0.3 is 12.0 Å². The molecule has 0 fully saturated rings. The monoisotopic (exact) mass is 508 g/mol. The molecule has 0 saturated carbocycles. The summed E-state index contributed by atoms with van der Waals surface area (Å²) in [7, 11) is 0. The van der Waals surface area contributed by atoms with Crippen LogP contribution in [0.3, 0.4) is 0 Å². The molecule has 10 heteroatoms. The molecule has 2 aromatic rings. The Bertz CT molecular complexity index is 922. The van der Waals surface area contributed by atoms with E-state index in [2.05, 4.69) is 5.32 Å². The van der Waals surface area contributed by atoms with Crippen molar-refractivity contribution in [2.24, 2.45) is 0 Å². The SMILES string of the molecule is CCOC(Cc1ccc(OCCN(CCOCC(C)(F)F)C(=O)NCc2ccccc2)cc1)C(=O)O. The first-order valence-corrected chi connectivity index (χ1v) is 11.8. The lowest BCUT2D eigenvalue weighted by Gasteiger charge is -2.23.